The molecular weight excluding hydrogens is 288 g/mol. The summed E-state index contributed by atoms with van der Waals surface area (Å²) in [5, 5.41) is 11.0. The highest BCUT2D eigenvalue weighted by molar-refractivity contribution is 6.01. The molecule has 1 aromatic heterocycles. The van der Waals surface area contributed by atoms with Crippen molar-refractivity contribution in [2.45, 2.75) is 0 Å². The molecule has 3 N–H and O–H groups in total. The molecule has 0 bridgehead atoms. The summed E-state index contributed by atoms with van der Waals surface area (Å²) < 4.78 is 0. The van der Waals surface area contributed by atoms with Crippen LogP contribution in [-0.2, 0) is 0 Å². The number of aromatic nitrogens is 1. The lowest BCUT2D eigenvalue weighted by atomic mass is 10.1. The average Bonchev–Trinajstić information content (AvgIpc) is 2.60. The number of nitrogens with zero attached hydrogens (tertiary/aromatic N) is 1. The third kappa shape index (κ3) is 3.97. The van der Waals surface area contributed by atoms with Crippen LogP contribution in [0.5, 0.6) is 0 Å². The maximum atomic E-state index is 12.0. The molecular formula is C18H18N4O. The van der Waals surface area contributed by atoms with Gasteiger partial charge in [-0.2, -0.15) is 0 Å². The molecule has 0 spiro atoms. The lowest BCUT2D eigenvalue weighted by Gasteiger charge is -2.10. The molecule has 116 valence electrons. The quantitative estimate of drug-likeness (QED) is 0.632. The molecule has 2 amide bonds. The maximum absolute atomic E-state index is 12.0. The van der Waals surface area contributed by atoms with E-state index in [2.05, 4.69) is 20.9 Å². The number of carbonyl (C=O) groups is 1. The third-order valence-electron chi connectivity index (χ3n) is 3.42. The van der Waals surface area contributed by atoms with Gasteiger partial charge in [0.15, 0.2) is 0 Å². The molecule has 1 heterocycles. The van der Waals surface area contributed by atoms with Gasteiger partial charge in [0.05, 0.1) is 5.69 Å². The van der Waals surface area contributed by atoms with Gasteiger partial charge in [0.2, 0.25) is 0 Å². The van der Waals surface area contributed by atoms with Crippen LogP contribution >= 0.6 is 0 Å². The molecule has 0 aliphatic carbocycles. The number of carbonyl (C=O) groups excluding carboxylic acids is 1. The van der Waals surface area contributed by atoms with Crippen LogP contribution < -0.4 is 16.0 Å². The lowest BCUT2D eigenvalue weighted by Crippen LogP contribution is -2.32. The van der Waals surface area contributed by atoms with Crippen molar-refractivity contribution in [3.63, 3.8) is 0 Å². The molecule has 2 aromatic carbocycles. The van der Waals surface area contributed by atoms with Crippen molar-refractivity contribution >= 4 is 28.3 Å². The minimum Gasteiger partial charge on any atom is -0.368 e. The van der Waals surface area contributed by atoms with Gasteiger partial charge in [-0.15, -0.1) is 0 Å². The van der Waals surface area contributed by atoms with Crippen molar-refractivity contribution in [1.29, 1.82) is 0 Å². The number of rotatable bonds is 5. The van der Waals surface area contributed by atoms with E-state index in [0.717, 1.165) is 22.3 Å². The second-order valence-electron chi connectivity index (χ2n) is 5.05. The van der Waals surface area contributed by atoms with Gasteiger partial charge in [0, 0.05) is 24.7 Å². The smallest absolute Gasteiger partial charge is 0.319 e. The lowest BCUT2D eigenvalue weighted by molar-refractivity contribution is 0.252. The van der Waals surface area contributed by atoms with Gasteiger partial charge in [-0.1, -0.05) is 42.5 Å². The van der Waals surface area contributed by atoms with Crippen molar-refractivity contribution < 1.29 is 4.79 Å². The number of hydrogen-bond donors (Lipinski definition) is 3. The first-order chi connectivity index (χ1) is 11.3. The van der Waals surface area contributed by atoms with E-state index in [1.54, 1.807) is 6.20 Å². The summed E-state index contributed by atoms with van der Waals surface area (Å²) in [6.07, 6.45) is 1.73. The molecule has 0 saturated heterocycles. The highest BCUT2D eigenvalue weighted by atomic mass is 16.2. The monoisotopic (exact) mass is 306 g/mol. The summed E-state index contributed by atoms with van der Waals surface area (Å²) in [4.78, 5) is 16.2. The molecule has 0 unspecified atom stereocenters. The molecule has 5 heteroatoms. The van der Waals surface area contributed by atoms with Gasteiger partial charge < -0.3 is 16.0 Å². The fraction of sp³-hybridized carbons (Fsp3) is 0.111. The van der Waals surface area contributed by atoms with Gasteiger partial charge in [-0.3, -0.25) is 0 Å². The number of fused-ring (bicyclic) bond motifs is 1. The standard InChI is InChI=1S/C18H18N4O/c23-18(21-13-12-20-17-10-3-4-11-19-17)22-16-9-5-7-14-6-1-2-8-15(14)16/h1-11H,12-13H2,(H,19,20)(H2,21,22,23). The van der Waals surface area contributed by atoms with Crippen LogP contribution in [0.3, 0.4) is 0 Å². The van der Waals surface area contributed by atoms with Crippen molar-refractivity contribution in [1.82, 2.24) is 10.3 Å². The molecule has 3 aromatic rings. The zero-order valence-corrected chi connectivity index (χ0v) is 12.6. The first-order valence-electron chi connectivity index (χ1n) is 7.50. The van der Waals surface area contributed by atoms with Crippen LogP contribution in [0.25, 0.3) is 10.8 Å². The Balaban J connectivity index is 1.51. The number of benzene rings is 2. The first-order valence-corrected chi connectivity index (χ1v) is 7.50. The van der Waals surface area contributed by atoms with E-state index in [-0.39, 0.29) is 6.03 Å². The van der Waals surface area contributed by atoms with E-state index in [4.69, 9.17) is 0 Å². The topological polar surface area (TPSA) is 66.0 Å². The van der Waals surface area contributed by atoms with Gasteiger partial charge in [0.25, 0.3) is 0 Å². The summed E-state index contributed by atoms with van der Waals surface area (Å²) in [6, 6.07) is 19.3. The second-order valence-corrected chi connectivity index (χ2v) is 5.05. The third-order valence-corrected chi connectivity index (χ3v) is 3.42. The normalized spacial score (nSPS) is 10.3. The number of urea groups is 1. The molecule has 0 atom stereocenters. The Labute approximate surface area is 134 Å². The van der Waals surface area contributed by atoms with Crippen molar-refractivity contribution in [2.24, 2.45) is 0 Å². The van der Waals surface area contributed by atoms with E-state index >= 15 is 0 Å². The largest absolute Gasteiger partial charge is 0.368 e. The number of pyridine rings is 1. The fourth-order valence-electron chi connectivity index (χ4n) is 2.33. The Kier molecular flexibility index (Phi) is 4.69. The van der Waals surface area contributed by atoms with Crippen LogP contribution in [0.4, 0.5) is 16.3 Å². The highest BCUT2D eigenvalue weighted by Crippen LogP contribution is 2.22. The molecule has 0 fully saturated rings. The summed E-state index contributed by atoms with van der Waals surface area (Å²) in [5.41, 5.74) is 0.804. The molecule has 5 nitrogen and oxygen atoms in total. The Bertz CT molecular complexity index is 784. The summed E-state index contributed by atoms with van der Waals surface area (Å²) in [5.74, 6) is 0.795. The zero-order chi connectivity index (χ0) is 15.9. The number of anilines is 2. The van der Waals surface area contributed by atoms with E-state index in [1.165, 1.54) is 0 Å². The van der Waals surface area contributed by atoms with E-state index < -0.39 is 0 Å². The van der Waals surface area contributed by atoms with Gasteiger partial charge in [0.1, 0.15) is 5.82 Å². The molecule has 0 aliphatic heterocycles. The Morgan fingerprint density at radius 3 is 2.61 bits per heavy atom. The van der Waals surface area contributed by atoms with Gasteiger partial charge in [-0.25, -0.2) is 9.78 Å². The van der Waals surface area contributed by atoms with Crippen molar-refractivity contribution in [3.05, 3.63) is 66.9 Å². The zero-order valence-electron chi connectivity index (χ0n) is 12.6. The predicted octanol–water partition coefficient (Wildman–Crippen LogP) is 3.47. The number of nitrogens with one attached hydrogen (secondary N) is 3. The summed E-state index contributed by atoms with van der Waals surface area (Å²) in [7, 11) is 0. The summed E-state index contributed by atoms with van der Waals surface area (Å²) in [6.45, 7) is 1.12. The minimum atomic E-state index is -0.218. The van der Waals surface area contributed by atoms with Crippen LogP contribution in [-0.4, -0.2) is 24.1 Å². The van der Waals surface area contributed by atoms with E-state index in [1.807, 2.05) is 60.7 Å². The van der Waals surface area contributed by atoms with Crippen LogP contribution in [0, 0.1) is 0 Å². The van der Waals surface area contributed by atoms with E-state index in [0.29, 0.717) is 13.1 Å². The highest BCUT2D eigenvalue weighted by Gasteiger charge is 2.04. The Morgan fingerprint density at radius 2 is 1.74 bits per heavy atom. The average molecular weight is 306 g/mol. The molecule has 3 rings (SSSR count). The Morgan fingerprint density at radius 1 is 0.913 bits per heavy atom. The van der Waals surface area contributed by atoms with E-state index in [9.17, 15) is 4.79 Å². The van der Waals surface area contributed by atoms with Crippen LogP contribution in [0.15, 0.2) is 66.9 Å². The molecule has 0 radical (unpaired) electrons. The molecule has 0 aliphatic rings. The van der Waals surface area contributed by atoms with Crippen molar-refractivity contribution in [2.75, 3.05) is 23.7 Å². The molecule has 0 saturated carbocycles. The first kappa shape index (κ1) is 14.8. The number of amides is 2. The van der Waals surface area contributed by atoms with Crippen LogP contribution in [0.1, 0.15) is 0 Å². The second kappa shape index (κ2) is 7.26. The fourth-order valence-corrected chi connectivity index (χ4v) is 2.33. The minimum absolute atomic E-state index is 0.218. The van der Waals surface area contributed by atoms with Gasteiger partial charge >= 0.3 is 6.03 Å². The Hall–Kier alpha value is -3.08. The van der Waals surface area contributed by atoms with Gasteiger partial charge in [-0.05, 0) is 23.6 Å². The van der Waals surface area contributed by atoms with Crippen molar-refractivity contribution in [3.8, 4) is 0 Å². The molecule has 23 heavy (non-hydrogen) atoms. The predicted molar refractivity (Wildman–Crippen MR) is 93.7 cm³/mol. The maximum Gasteiger partial charge on any atom is 0.319 e. The SMILES string of the molecule is O=C(NCCNc1ccccn1)Nc1cccc2ccccc12. The summed E-state index contributed by atoms with van der Waals surface area (Å²) >= 11 is 0. The van der Waals surface area contributed by atoms with Crippen LogP contribution in [0.2, 0.25) is 0 Å². The number of hydrogen-bond acceptors (Lipinski definition) is 3.